The highest BCUT2D eigenvalue weighted by molar-refractivity contribution is 6.32. The number of allylic oxidation sites excluding steroid dienone is 2. The van der Waals surface area contributed by atoms with E-state index >= 15 is 0 Å². The monoisotopic (exact) mass is 581 g/mol. The first-order chi connectivity index (χ1) is 19.9. The van der Waals surface area contributed by atoms with Gasteiger partial charge in [0, 0.05) is 22.3 Å². The molecule has 3 aromatic carbocycles. The molecule has 3 N–H and O–H groups in total. The second-order valence-electron chi connectivity index (χ2n) is 9.66. The van der Waals surface area contributed by atoms with Crippen molar-refractivity contribution in [3.63, 3.8) is 0 Å². The van der Waals surface area contributed by atoms with E-state index in [0.29, 0.717) is 5.56 Å². The van der Waals surface area contributed by atoms with Crippen LogP contribution in [0.25, 0.3) is 5.57 Å². The average Bonchev–Trinajstić information content (AvgIpc) is 2.97. The van der Waals surface area contributed by atoms with E-state index in [0.717, 1.165) is 55.0 Å². The Hall–Kier alpha value is -4.77. The molecule has 3 aromatic rings. The molecule has 1 amide bonds. The minimum absolute atomic E-state index is 0.0448. The van der Waals surface area contributed by atoms with Crippen LogP contribution in [0.3, 0.4) is 0 Å². The Kier molecular flexibility index (Phi) is 9.21. The van der Waals surface area contributed by atoms with Crippen LogP contribution in [0.15, 0.2) is 72.8 Å². The molecule has 0 saturated carbocycles. The van der Waals surface area contributed by atoms with E-state index in [1.165, 1.54) is 36.4 Å². The van der Waals surface area contributed by atoms with Crippen LogP contribution in [0, 0.1) is 0 Å². The lowest BCUT2D eigenvalue weighted by atomic mass is 9.87. The Morgan fingerprint density at radius 2 is 1.40 bits per heavy atom. The van der Waals surface area contributed by atoms with Crippen LogP contribution in [0.5, 0.6) is 5.75 Å². The second-order valence-corrected chi connectivity index (χ2v) is 9.66. The molecule has 0 fully saturated rings. The maximum Gasteiger partial charge on any atom is 0.573 e. The number of carboxylic acids is 1. The molecule has 0 radical (unpaired) electrons. The van der Waals surface area contributed by atoms with Gasteiger partial charge in [0.1, 0.15) is 5.75 Å². The smallest absolute Gasteiger partial charge is 0.479 e. The van der Waals surface area contributed by atoms with Gasteiger partial charge in [0.05, 0.1) is 6.54 Å². The Labute approximate surface area is 238 Å². The number of aryl methyl sites for hydroxylation is 2. The second kappa shape index (κ2) is 12.8. The summed E-state index contributed by atoms with van der Waals surface area (Å²) in [4.78, 5) is 49.9. The summed E-state index contributed by atoms with van der Waals surface area (Å²) in [6.07, 6.45) is -1.75. The topological polar surface area (TPSA) is 130 Å². The fraction of sp³-hybridized carbons (Fsp3) is 0.226. The van der Waals surface area contributed by atoms with E-state index in [1.807, 2.05) is 12.1 Å². The van der Waals surface area contributed by atoms with Gasteiger partial charge in [-0.1, -0.05) is 30.3 Å². The molecule has 0 heterocycles. The number of Topliss-reactive ketones (excluding diaryl/α,β-unsaturated/α-hetero) is 1. The van der Waals surface area contributed by atoms with Gasteiger partial charge >= 0.3 is 12.3 Å². The molecule has 0 saturated heterocycles. The molecular weight excluding hydrogens is 555 g/mol. The molecule has 1 aliphatic rings. The summed E-state index contributed by atoms with van der Waals surface area (Å²) < 4.78 is 41.4. The fourth-order valence-electron chi connectivity index (χ4n) is 4.52. The number of halogens is 3. The molecular formula is C31H26F3NO7. The van der Waals surface area contributed by atoms with E-state index in [4.69, 9.17) is 5.11 Å². The van der Waals surface area contributed by atoms with Crippen LogP contribution in [-0.2, 0) is 17.6 Å². The molecule has 1 atom stereocenters. The van der Waals surface area contributed by atoms with Crippen LogP contribution in [0.1, 0.15) is 60.6 Å². The summed E-state index contributed by atoms with van der Waals surface area (Å²) >= 11 is 0. The summed E-state index contributed by atoms with van der Waals surface area (Å²) in [6, 6.07) is 15.3. The number of carbonyl (C=O) groups excluding carboxylic acids is 3. The summed E-state index contributed by atoms with van der Waals surface area (Å²) in [7, 11) is 0. The number of ketones is 2. The van der Waals surface area contributed by atoms with Crippen LogP contribution in [0.2, 0.25) is 0 Å². The maximum atomic E-state index is 13.7. The van der Waals surface area contributed by atoms with Crippen molar-refractivity contribution in [2.75, 3.05) is 6.54 Å². The number of alkyl halides is 3. The van der Waals surface area contributed by atoms with Crippen LogP contribution >= 0.6 is 0 Å². The zero-order chi connectivity index (χ0) is 30.4. The molecule has 1 aliphatic carbocycles. The third kappa shape index (κ3) is 7.70. The van der Waals surface area contributed by atoms with Crippen molar-refractivity contribution < 1.29 is 47.3 Å². The highest BCUT2D eigenvalue weighted by Crippen LogP contribution is 2.28. The number of nitrogens with one attached hydrogen (secondary N) is 1. The lowest BCUT2D eigenvalue weighted by Crippen LogP contribution is -2.36. The molecule has 4 rings (SSSR count). The number of amides is 1. The summed E-state index contributed by atoms with van der Waals surface area (Å²) in [5.74, 6) is -3.77. The van der Waals surface area contributed by atoms with Gasteiger partial charge in [-0.05, 0) is 84.8 Å². The van der Waals surface area contributed by atoms with E-state index in [-0.39, 0.29) is 22.3 Å². The van der Waals surface area contributed by atoms with E-state index in [9.17, 15) is 37.5 Å². The third-order valence-corrected chi connectivity index (χ3v) is 6.70. The fourth-order valence-corrected chi connectivity index (χ4v) is 4.52. The maximum absolute atomic E-state index is 13.7. The van der Waals surface area contributed by atoms with Crippen molar-refractivity contribution >= 4 is 29.0 Å². The highest BCUT2D eigenvalue weighted by Gasteiger charge is 2.31. The van der Waals surface area contributed by atoms with E-state index < -0.39 is 48.2 Å². The number of hydrogen-bond acceptors (Lipinski definition) is 6. The van der Waals surface area contributed by atoms with Crippen molar-refractivity contribution in [2.24, 2.45) is 0 Å². The van der Waals surface area contributed by atoms with Gasteiger partial charge in [0.2, 0.25) is 0 Å². The standard InChI is InChI=1S/C31H26F3NO7/c32-31(33,34)42-24-13-11-19(12-14-24)26(36)16-25(23-10-5-18-3-1-2-4-22(18)15-23)28(38)20-6-8-21(9-7-20)29(39)35-17-27(37)30(40)41/h5-16,27,37H,1-4,17H2,(H,35,39)(H,40,41)/t27-/m1/s1. The minimum Gasteiger partial charge on any atom is -0.479 e. The average molecular weight is 582 g/mol. The van der Waals surface area contributed by atoms with Crippen molar-refractivity contribution in [3.05, 3.63) is 106 Å². The third-order valence-electron chi connectivity index (χ3n) is 6.70. The highest BCUT2D eigenvalue weighted by atomic mass is 19.4. The number of aliphatic hydroxyl groups is 1. The number of carbonyl (C=O) groups is 4. The molecule has 0 unspecified atom stereocenters. The van der Waals surface area contributed by atoms with Crippen LogP contribution < -0.4 is 10.1 Å². The number of rotatable bonds is 10. The number of carboxylic acid groups (broad SMARTS) is 1. The molecule has 11 heteroatoms. The molecule has 0 aromatic heterocycles. The van der Waals surface area contributed by atoms with Gasteiger partial charge in [-0.25, -0.2) is 4.79 Å². The Morgan fingerprint density at radius 1 is 0.833 bits per heavy atom. The van der Waals surface area contributed by atoms with Gasteiger partial charge in [0.25, 0.3) is 5.91 Å². The Bertz CT molecular complexity index is 1530. The number of ether oxygens (including phenoxy) is 1. The van der Waals surface area contributed by atoms with Gasteiger partial charge in [0.15, 0.2) is 17.7 Å². The zero-order valence-electron chi connectivity index (χ0n) is 22.1. The summed E-state index contributed by atoms with van der Waals surface area (Å²) in [5, 5.41) is 20.4. The Balaban J connectivity index is 1.63. The molecule has 0 bridgehead atoms. The van der Waals surface area contributed by atoms with Crippen LogP contribution in [-0.4, -0.2) is 52.7 Å². The molecule has 218 valence electrons. The van der Waals surface area contributed by atoms with Gasteiger partial charge in [-0.2, -0.15) is 0 Å². The normalized spacial score (nSPS) is 14.0. The van der Waals surface area contributed by atoms with Crippen molar-refractivity contribution in [3.8, 4) is 5.75 Å². The zero-order valence-corrected chi connectivity index (χ0v) is 22.1. The minimum atomic E-state index is -4.88. The number of hydrogen-bond donors (Lipinski definition) is 3. The quantitative estimate of drug-likeness (QED) is 0.232. The number of aliphatic carboxylic acids is 1. The largest absolute Gasteiger partial charge is 0.573 e. The number of aliphatic hydroxyl groups excluding tert-OH is 1. The predicted molar refractivity (Wildman–Crippen MR) is 145 cm³/mol. The van der Waals surface area contributed by atoms with Crippen molar-refractivity contribution in [1.29, 1.82) is 0 Å². The molecule has 0 aliphatic heterocycles. The predicted octanol–water partition coefficient (Wildman–Crippen LogP) is 4.79. The first kappa shape index (κ1) is 30.2. The van der Waals surface area contributed by atoms with E-state index in [1.54, 1.807) is 6.07 Å². The van der Waals surface area contributed by atoms with Gasteiger partial charge < -0.3 is 20.3 Å². The number of benzene rings is 3. The summed E-state index contributed by atoms with van der Waals surface area (Å²) in [5.41, 5.74) is 3.09. The molecule has 8 nitrogen and oxygen atoms in total. The first-order valence-electron chi connectivity index (χ1n) is 13.0. The molecule has 0 spiro atoms. The Morgan fingerprint density at radius 3 is 2.02 bits per heavy atom. The van der Waals surface area contributed by atoms with Crippen molar-refractivity contribution in [2.45, 2.75) is 38.1 Å². The lowest BCUT2D eigenvalue weighted by Gasteiger charge is -2.17. The van der Waals surface area contributed by atoms with Gasteiger partial charge in [-0.3, -0.25) is 14.4 Å². The van der Waals surface area contributed by atoms with E-state index in [2.05, 4.69) is 10.1 Å². The first-order valence-corrected chi connectivity index (χ1v) is 13.0. The SMILES string of the molecule is O=C(C=C(C(=O)c1ccc(C(=O)NC[C@@H](O)C(=O)O)cc1)c1ccc2c(c1)CCCC2)c1ccc(OC(F)(F)F)cc1. The van der Waals surface area contributed by atoms with Crippen LogP contribution in [0.4, 0.5) is 13.2 Å². The lowest BCUT2D eigenvalue weighted by molar-refractivity contribution is -0.274. The number of fused-ring (bicyclic) bond motifs is 1. The summed E-state index contributed by atoms with van der Waals surface area (Å²) in [6.45, 7) is -0.508. The molecule has 42 heavy (non-hydrogen) atoms. The van der Waals surface area contributed by atoms with Gasteiger partial charge in [-0.15, -0.1) is 13.2 Å². The van der Waals surface area contributed by atoms with Crippen molar-refractivity contribution in [1.82, 2.24) is 5.32 Å².